The minimum Gasteiger partial charge on any atom is -0.396 e. The molecular formula is C16H29N3O2. The van der Waals surface area contributed by atoms with Crippen molar-refractivity contribution in [2.75, 3.05) is 26.7 Å². The lowest BCUT2D eigenvalue weighted by Gasteiger charge is -2.37. The molecule has 5 nitrogen and oxygen atoms in total. The van der Waals surface area contributed by atoms with E-state index in [-0.39, 0.29) is 24.3 Å². The van der Waals surface area contributed by atoms with Crippen molar-refractivity contribution in [1.29, 1.82) is 0 Å². The summed E-state index contributed by atoms with van der Waals surface area (Å²) in [6.45, 7) is 1.86. The summed E-state index contributed by atoms with van der Waals surface area (Å²) in [5.41, 5.74) is 0. The van der Waals surface area contributed by atoms with Gasteiger partial charge >= 0.3 is 0 Å². The van der Waals surface area contributed by atoms with Crippen LogP contribution in [-0.4, -0.2) is 60.8 Å². The Hall–Kier alpha value is -0.650. The van der Waals surface area contributed by atoms with E-state index in [2.05, 4.69) is 22.6 Å². The monoisotopic (exact) mass is 295 g/mol. The van der Waals surface area contributed by atoms with Crippen molar-refractivity contribution >= 4 is 5.91 Å². The van der Waals surface area contributed by atoms with Gasteiger partial charge in [0.25, 0.3) is 0 Å². The van der Waals surface area contributed by atoms with Crippen molar-refractivity contribution in [2.45, 2.75) is 56.7 Å². The van der Waals surface area contributed by atoms with Crippen LogP contribution in [0, 0.1) is 11.8 Å². The van der Waals surface area contributed by atoms with Gasteiger partial charge in [-0.1, -0.05) is 0 Å². The number of nitrogens with zero attached hydrogens (tertiary/aromatic N) is 1. The van der Waals surface area contributed by atoms with Crippen LogP contribution in [0.3, 0.4) is 0 Å². The van der Waals surface area contributed by atoms with Gasteiger partial charge in [0.2, 0.25) is 5.91 Å². The van der Waals surface area contributed by atoms with Gasteiger partial charge < -0.3 is 20.6 Å². The number of nitrogens with one attached hydrogen (secondary N) is 2. The smallest absolute Gasteiger partial charge is 0.225 e. The number of aliphatic hydroxyl groups is 1. The van der Waals surface area contributed by atoms with Crippen molar-refractivity contribution in [3.05, 3.63) is 0 Å². The van der Waals surface area contributed by atoms with Crippen molar-refractivity contribution in [2.24, 2.45) is 11.8 Å². The molecule has 1 amide bonds. The normalized spacial score (nSPS) is 38.2. The molecule has 120 valence electrons. The first-order valence-corrected chi connectivity index (χ1v) is 8.53. The molecule has 4 unspecified atom stereocenters. The van der Waals surface area contributed by atoms with Crippen molar-refractivity contribution in [3.8, 4) is 0 Å². The Morgan fingerprint density at radius 2 is 2.05 bits per heavy atom. The van der Waals surface area contributed by atoms with Crippen LogP contribution in [-0.2, 0) is 4.79 Å². The lowest BCUT2D eigenvalue weighted by atomic mass is 9.85. The fraction of sp³-hybridized carbons (Fsp3) is 0.938. The SMILES string of the molecule is CN1C2CCC1CC(NC(=O)C(CO)C1CCCNC1)C2. The highest BCUT2D eigenvalue weighted by molar-refractivity contribution is 5.79. The summed E-state index contributed by atoms with van der Waals surface area (Å²) < 4.78 is 0. The van der Waals surface area contributed by atoms with Crippen LogP contribution >= 0.6 is 0 Å². The quantitative estimate of drug-likeness (QED) is 0.700. The van der Waals surface area contributed by atoms with Crippen LogP contribution in [0.25, 0.3) is 0 Å². The molecule has 0 saturated carbocycles. The van der Waals surface area contributed by atoms with E-state index in [1.165, 1.54) is 12.8 Å². The van der Waals surface area contributed by atoms with Gasteiger partial charge in [-0.3, -0.25) is 4.79 Å². The second kappa shape index (κ2) is 6.63. The van der Waals surface area contributed by atoms with Gasteiger partial charge in [0.05, 0.1) is 12.5 Å². The maximum atomic E-state index is 12.5. The van der Waals surface area contributed by atoms with Gasteiger partial charge in [-0.2, -0.15) is 0 Å². The summed E-state index contributed by atoms with van der Waals surface area (Å²) in [6.07, 6.45) is 6.82. The maximum absolute atomic E-state index is 12.5. The Balaban J connectivity index is 1.55. The van der Waals surface area contributed by atoms with E-state index < -0.39 is 0 Å². The van der Waals surface area contributed by atoms with E-state index in [0.29, 0.717) is 18.1 Å². The van der Waals surface area contributed by atoms with Gasteiger partial charge in [0.1, 0.15) is 0 Å². The first-order chi connectivity index (χ1) is 10.2. The minimum atomic E-state index is -0.241. The zero-order chi connectivity index (χ0) is 14.8. The number of aliphatic hydroxyl groups excluding tert-OH is 1. The second-order valence-corrected chi connectivity index (χ2v) is 7.12. The Morgan fingerprint density at radius 3 is 2.62 bits per heavy atom. The second-order valence-electron chi connectivity index (χ2n) is 7.12. The third-order valence-corrected chi connectivity index (χ3v) is 5.88. The maximum Gasteiger partial charge on any atom is 0.225 e. The zero-order valence-electron chi connectivity index (χ0n) is 13.1. The summed E-state index contributed by atoms with van der Waals surface area (Å²) in [7, 11) is 2.21. The van der Waals surface area contributed by atoms with E-state index in [1.54, 1.807) is 0 Å². The number of amides is 1. The van der Waals surface area contributed by atoms with Crippen LogP contribution in [0.4, 0.5) is 0 Å². The lowest BCUT2D eigenvalue weighted by Crippen LogP contribution is -2.51. The highest BCUT2D eigenvalue weighted by Crippen LogP contribution is 2.34. The Kier molecular flexibility index (Phi) is 4.82. The lowest BCUT2D eigenvalue weighted by molar-refractivity contribution is -0.129. The molecule has 3 aliphatic heterocycles. The molecule has 3 fully saturated rings. The molecule has 0 aliphatic carbocycles. The molecule has 0 spiro atoms. The third-order valence-electron chi connectivity index (χ3n) is 5.88. The number of rotatable bonds is 4. The molecule has 4 atom stereocenters. The average molecular weight is 295 g/mol. The molecular weight excluding hydrogens is 266 g/mol. The van der Waals surface area contributed by atoms with Crippen LogP contribution in [0.1, 0.15) is 38.5 Å². The number of piperidine rings is 2. The zero-order valence-corrected chi connectivity index (χ0v) is 13.1. The predicted octanol–water partition coefficient (Wildman–Crippen LogP) is 0.336. The van der Waals surface area contributed by atoms with Gasteiger partial charge in [-0.25, -0.2) is 0 Å². The van der Waals surface area contributed by atoms with Gasteiger partial charge in [-0.05, 0) is 64.6 Å². The summed E-state index contributed by atoms with van der Waals surface area (Å²) >= 11 is 0. The standard InChI is InChI=1S/C16H29N3O2/c1-19-13-4-5-14(19)8-12(7-13)18-16(21)15(10-20)11-3-2-6-17-9-11/h11-15,17,20H,2-10H2,1H3,(H,18,21). The van der Waals surface area contributed by atoms with Crippen molar-refractivity contribution in [1.82, 2.24) is 15.5 Å². The summed E-state index contributed by atoms with van der Waals surface area (Å²) in [5.74, 6) is 0.113. The van der Waals surface area contributed by atoms with E-state index in [0.717, 1.165) is 38.8 Å². The largest absolute Gasteiger partial charge is 0.396 e. The molecule has 3 saturated heterocycles. The molecule has 2 bridgehead atoms. The van der Waals surface area contributed by atoms with E-state index in [4.69, 9.17) is 0 Å². The van der Waals surface area contributed by atoms with E-state index >= 15 is 0 Å². The Morgan fingerprint density at radius 1 is 1.33 bits per heavy atom. The average Bonchev–Trinajstić information content (AvgIpc) is 2.72. The van der Waals surface area contributed by atoms with E-state index in [1.807, 2.05) is 0 Å². The van der Waals surface area contributed by atoms with Crippen molar-refractivity contribution in [3.63, 3.8) is 0 Å². The number of carbonyl (C=O) groups is 1. The van der Waals surface area contributed by atoms with Crippen LogP contribution in [0.5, 0.6) is 0 Å². The molecule has 5 heteroatoms. The molecule has 3 rings (SSSR count). The number of carbonyl (C=O) groups excluding carboxylic acids is 1. The molecule has 21 heavy (non-hydrogen) atoms. The summed E-state index contributed by atoms with van der Waals surface area (Å²) in [4.78, 5) is 15.0. The first-order valence-electron chi connectivity index (χ1n) is 8.53. The predicted molar refractivity (Wildman–Crippen MR) is 81.9 cm³/mol. The number of hydrogen-bond donors (Lipinski definition) is 3. The van der Waals surface area contributed by atoms with Crippen LogP contribution in [0.2, 0.25) is 0 Å². The topological polar surface area (TPSA) is 64.6 Å². The third kappa shape index (κ3) is 3.25. The fourth-order valence-corrected chi connectivity index (χ4v) is 4.51. The van der Waals surface area contributed by atoms with Gasteiger partial charge in [0, 0.05) is 18.1 Å². The fourth-order valence-electron chi connectivity index (χ4n) is 4.51. The van der Waals surface area contributed by atoms with Gasteiger partial charge in [-0.15, -0.1) is 0 Å². The molecule has 3 heterocycles. The van der Waals surface area contributed by atoms with Crippen LogP contribution < -0.4 is 10.6 Å². The minimum absolute atomic E-state index is 0.0301. The highest BCUT2D eigenvalue weighted by Gasteiger charge is 2.39. The Labute approximate surface area is 127 Å². The van der Waals surface area contributed by atoms with Crippen molar-refractivity contribution < 1.29 is 9.90 Å². The van der Waals surface area contributed by atoms with Gasteiger partial charge in [0.15, 0.2) is 0 Å². The molecule has 0 radical (unpaired) electrons. The molecule has 0 aromatic heterocycles. The summed E-state index contributed by atoms with van der Waals surface area (Å²) in [6, 6.07) is 1.58. The number of hydrogen-bond acceptors (Lipinski definition) is 4. The highest BCUT2D eigenvalue weighted by atomic mass is 16.3. The molecule has 3 aliphatic rings. The first kappa shape index (κ1) is 15.3. The molecule has 0 aromatic rings. The van der Waals surface area contributed by atoms with E-state index in [9.17, 15) is 9.90 Å². The summed E-state index contributed by atoms with van der Waals surface area (Å²) in [5, 5.41) is 16.2. The Bertz CT molecular complexity index is 357. The number of fused-ring (bicyclic) bond motifs is 2. The van der Waals surface area contributed by atoms with Crippen LogP contribution in [0.15, 0.2) is 0 Å². The molecule has 0 aromatic carbocycles. The molecule has 3 N–H and O–H groups in total.